The minimum atomic E-state index is -0.482. The van der Waals surface area contributed by atoms with Gasteiger partial charge >= 0.3 is 6.09 Å². The van der Waals surface area contributed by atoms with E-state index in [-0.39, 0.29) is 17.7 Å². The number of aromatic amines is 2. The number of carbonyl (C=O) groups excluding carboxylic acids is 1. The van der Waals surface area contributed by atoms with Crippen LogP contribution in [0.25, 0.3) is 0 Å². The second-order valence-electron chi connectivity index (χ2n) is 7.82. The van der Waals surface area contributed by atoms with Crippen molar-refractivity contribution in [3.63, 3.8) is 0 Å². The van der Waals surface area contributed by atoms with Gasteiger partial charge in [0, 0.05) is 43.5 Å². The third-order valence-electron chi connectivity index (χ3n) is 4.66. The molecule has 1 fully saturated rings. The van der Waals surface area contributed by atoms with E-state index >= 15 is 0 Å². The molecule has 2 aliphatic rings. The molecule has 1 saturated heterocycles. The van der Waals surface area contributed by atoms with Gasteiger partial charge in [-0.05, 0) is 52.3 Å². The highest BCUT2D eigenvalue weighted by Gasteiger charge is 2.34. The first-order valence-corrected chi connectivity index (χ1v) is 9.20. The van der Waals surface area contributed by atoms with E-state index in [0.29, 0.717) is 17.7 Å². The molecule has 0 bridgehead atoms. The van der Waals surface area contributed by atoms with Crippen LogP contribution in [0.5, 0.6) is 0 Å². The fraction of sp³-hybridized carbons (Fsp3) is 0.706. The predicted octanol–water partition coefficient (Wildman–Crippen LogP) is 2.19. The van der Waals surface area contributed by atoms with Gasteiger partial charge in [-0.3, -0.25) is 14.7 Å². The average Bonchev–Trinajstić information content (AvgIpc) is 2.93. The van der Waals surface area contributed by atoms with Crippen LogP contribution in [0.1, 0.15) is 44.9 Å². The third-order valence-corrected chi connectivity index (χ3v) is 4.87. The first kappa shape index (κ1) is 18.1. The maximum atomic E-state index is 12.4. The van der Waals surface area contributed by atoms with Crippen molar-refractivity contribution < 1.29 is 9.53 Å². The summed E-state index contributed by atoms with van der Waals surface area (Å²) in [6.07, 6.45) is 2.43. The molecule has 1 aromatic rings. The topological polar surface area (TPSA) is 81.4 Å². The number of carbonyl (C=O) groups is 1. The second-order valence-corrected chi connectivity index (χ2v) is 8.23. The smallest absolute Gasteiger partial charge is 0.410 e. The number of hydrogen-bond acceptors (Lipinski definition) is 5. The van der Waals surface area contributed by atoms with Gasteiger partial charge in [0.25, 0.3) is 5.56 Å². The average molecular weight is 366 g/mol. The first-order valence-electron chi connectivity index (χ1n) is 8.79. The highest BCUT2D eigenvalue weighted by atomic mass is 32.1. The molecule has 138 valence electrons. The molecule has 0 radical (unpaired) electrons. The van der Waals surface area contributed by atoms with E-state index in [9.17, 15) is 9.59 Å². The Kier molecular flexibility index (Phi) is 5.02. The van der Waals surface area contributed by atoms with Gasteiger partial charge in [0.15, 0.2) is 4.77 Å². The van der Waals surface area contributed by atoms with E-state index < -0.39 is 5.60 Å². The van der Waals surface area contributed by atoms with Crippen molar-refractivity contribution in [3.8, 4) is 0 Å². The van der Waals surface area contributed by atoms with E-state index in [4.69, 9.17) is 17.0 Å². The Bertz CT molecular complexity index is 764. The maximum Gasteiger partial charge on any atom is 0.410 e. The predicted molar refractivity (Wildman–Crippen MR) is 97.2 cm³/mol. The van der Waals surface area contributed by atoms with E-state index in [1.54, 1.807) is 0 Å². The van der Waals surface area contributed by atoms with Crippen LogP contribution in [-0.4, -0.2) is 57.1 Å². The zero-order chi connectivity index (χ0) is 18.2. The SMILES string of the molecule is CC(C)(C)OC(=O)N1CCCC1CN1CCc2c([nH]c(=S)[nH]c2=O)C1. The normalized spacial score (nSPS) is 21.2. The second kappa shape index (κ2) is 6.92. The Labute approximate surface area is 152 Å². The lowest BCUT2D eigenvalue weighted by atomic mass is 10.1. The molecule has 25 heavy (non-hydrogen) atoms. The molecule has 3 heterocycles. The number of fused-ring (bicyclic) bond motifs is 1. The van der Waals surface area contributed by atoms with Crippen LogP contribution in [0, 0.1) is 4.77 Å². The lowest BCUT2D eigenvalue weighted by molar-refractivity contribution is 0.0191. The van der Waals surface area contributed by atoms with Crippen LogP contribution >= 0.6 is 12.2 Å². The third kappa shape index (κ3) is 4.30. The molecule has 8 heteroatoms. The summed E-state index contributed by atoms with van der Waals surface area (Å²) >= 11 is 5.07. The highest BCUT2D eigenvalue weighted by Crippen LogP contribution is 2.23. The molecule has 0 spiro atoms. The molecule has 1 unspecified atom stereocenters. The number of ether oxygens (including phenoxy) is 1. The van der Waals surface area contributed by atoms with Gasteiger partial charge in [0.05, 0.1) is 0 Å². The van der Waals surface area contributed by atoms with Crippen LogP contribution in [0.15, 0.2) is 4.79 Å². The van der Waals surface area contributed by atoms with Crippen molar-refractivity contribution in [1.82, 2.24) is 19.8 Å². The molecule has 1 aromatic heterocycles. The Hall–Kier alpha value is -1.67. The van der Waals surface area contributed by atoms with Gasteiger partial charge < -0.3 is 14.6 Å². The molecule has 2 N–H and O–H groups in total. The molecule has 3 rings (SSSR count). The number of H-pyrrole nitrogens is 2. The van der Waals surface area contributed by atoms with E-state index in [1.807, 2.05) is 25.7 Å². The van der Waals surface area contributed by atoms with E-state index in [0.717, 1.165) is 43.7 Å². The van der Waals surface area contributed by atoms with Crippen molar-refractivity contribution in [2.75, 3.05) is 19.6 Å². The number of rotatable bonds is 2. The molecular weight excluding hydrogens is 340 g/mol. The van der Waals surface area contributed by atoms with E-state index in [1.165, 1.54) is 0 Å². The number of amides is 1. The molecule has 7 nitrogen and oxygen atoms in total. The first-order chi connectivity index (χ1) is 11.7. The Morgan fingerprint density at radius 1 is 1.32 bits per heavy atom. The number of nitrogens with zero attached hydrogens (tertiary/aromatic N) is 2. The number of aromatic nitrogens is 2. The van der Waals surface area contributed by atoms with Gasteiger partial charge in [-0.2, -0.15) is 0 Å². The minimum Gasteiger partial charge on any atom is -0.444 e. The van der Waals surface area contributed by atoms with Crippen LogP contribution in [0.2, 0.25) is 0 Å². The fourth-order valence-corrected chi connectivity index (χ4v) is 3.79. The quantitative estimate of drug-likeness (QED) is 0.784. The molecule has 0 aliphatic carbocycles. The number of nitrogens with one attached hydrogen (secondary N) is 2. The summed E-state index contributed by atoms with van der Waals surface area (Å²) in [7, 11) is 0. The van der Waals surface area contributed by atoms with Gasteiger partial charge in [-0.15, -0.1) is 0 Å². The van der Waals surface area contributed by atoms with Gasteiger partial charge in [0.2, 0.25) is 0 Å². The molecule has 0 aromatic carbocycles. The van der Waals surface area contributed by atoms with Crippen molar-refractivity contribution in [2.45, 2.75) is 58.2 Å². The van der Waals surface area contributed by atoms with Crippen LogP contribution in [0.3, 0.4) is 0 Å². The lowest BCUT2D eigenvalue weighted by Crippen LogP contribution is -2.46. The molecular formula is C17H26N4O3S. The van der Waals surface area contributed by atoms with E-state index in [2.05, 4.69) is 14.9 Å². The lowest BCUT2D eigenvalue weighted by Gasteiger charge is -2.34. The zero-order valence-corrected chi connectivity index (χ0v) is 15.9. The summed E-state index contributed by atoms with van der Waals surface area (Å²) in [5.41, 5.74) is 1.11. The monoisotopic (exact) mass is 366 g/mol. The zero-order valence-electron chi connectivity index (χ0n) is 15.1. The molecule has 2 aliphatic heterocycles. The summed E-state index contributed by atoms with van der Waals surface area (Å²) in [5, 5.41) is 0. The van der Waals surface area contributed by atoms with Crippen LogP contribution in [0.4, 0.5) is 4.79 Å². The Morgan fingerprint density at radius 2 is 2.08 bits per heavy atom. The van der Waals surface area contributed by atoms with Gasteiger partial charge in [-0.25, -0.2) is 4.79 Å². The summed E-state index contributed by atoms with van der Waals surface area (Å²) in [6.45, 7) is 8.64. The summed E-state index contributed by atoms with van der Waals surface area (Å²) in [6, 6.07) is 0.154. The largest absolute Gasteiger partial charge is 0.444 e. The van der Waals surface area contributed by atoms with Gasteiger partial charge in [0.1, 0.15) is 5.60 Å². The minimum absolute atomic E-state index is 0.0883. The fourth-order valence-electron chi connectivity index (χ4n) is 3.57. The van der Waals surface area contributed by atoms with Crippen LogP contribution in [-0.2, 0) is 17.7 Å². The van der Waals surface area contributed by atoms with Crippen molar-refractivity contribution in [1.29, 1.82) is 0 Å². The van der Waals surface area contributed by atoms with Gasteiger partial charge in [-0.1, -0.05) is 0 Å². The summed E-state index contributed by atoms with van der Waals surface area (Å²) in [5.74, 6) is 0. The van der Waals surface area contributed by atoms with Crippen molar-refractivity contribution >= 4 is 18.3 Å². The van der Waals surface area contributed by atoms with Crippen molar-refractivity contribution in [3.05, 3.63) is 26.4 Å². The standard InChI is InChI=1S/C17H26N4O3S/c1-17(2,3)24-16(23)21-7-4-5-11(21)9-20-8-6-12-13(10-20)18-15(25)19-14(12)22/h11H,4-10H2,1-3H3,(H2,18,19,22,25). The number of hydrogen-bond donors (Lipinski definition) is 2. The Balaban J connectivity index is 1.67. The maximum absolute atomic E-state index is 12.4. The molecule has 0 saturated carbocycles. The van der Waals surface area contributed by atoms with Crippen LogP contribution < -0.4 is 5.56 Å². The highest BCUT2D eigenvalue weighted by molar-refractivity contribution is 7.71. The Morgan fingerprint density at radius 3 is 2.80 bits per heavy atom. The summed E-state index contributed by atoms with van der Waals surface area (Å²) < 4.78 is 5.89. The number of likely N-dealkylation sites (tertiary alicyclic amines) is 1. The van der Waals surface area contributed by atoms with Crippen molar-refractivity contribution in [2.24, 2.45) is 0 Å². The molecule has 1 amide bonds. The summed E-state index contributed by atoms with van der Waals surface area (Å²) in [4.78, 5) is 34.3. The molecule has 1 atom stereocenters.